The monoisotopic (exact) mass is 488 g/mol. The second-order valence-electron chi connectivity index (χ2n) is 9.86. The Morgan fingerprint density at radius 2 is 1.94 bits per heavy atom. The normalized spacial score (nSPS) is 25.5. The number of hydrogen-bond acceptors (Lipinski definition) is 7. The summed E-state index contributed by atoms with van der Waals surface area (Å²) in [7, 11) is 1.50. The number of amides is 2. The third kappa shape index (κ3) is 4.64. The number of nitrogens with zero attached hydrogens (tertiary/aromatic N) is 1. The van der Waals surface area contributed by atoms with Crippen molar-refractivity contribution in [3.05, 3.63) is 34.9 Å². The van der Waals surface area contributed by atoms with Crippen LogP contribution in [-0.2, 0) is 16.2 Å². The summed E-state index contributed by atoms with van der Waals surface area (Å²) in [5.41, 5.74) is 1.61. The van der Waals surface area contributed by atoms with Crippen LogP contribution >= 0.6 is 0 Å². The van der Waals surface area contributed by atoms with Gasteiger partial charge in [-0.15, -0.1) is 0 Å². The van der Waals surface area contributed by atoms with E-state index in [4.69, 9.17) is 9.47 Å². The Morgan fingerprint density at radius 3 is 2.54 bits per heavy atom. The lowest BCUT2D eigenvalue weighted by atomic mass is 9.76. The largest absolute Gasteiger partial charge is 0.493 e. The summed E-state index contributed by atoms with van der Waals surface area (Å²) in [5.74, 6) is -0.515. The van der Waals surface area contributed by atoms with Crippen molar-refractivity contribution in [2.45, 2.75) is 76.3 Å². The Labute approximate surface area is 205 Å². The molecule has 0 spiro atoms. The molecule has 0 radical (unpaired) electrons. The van der Waals surface area contributed by atoms with Crippen molar-refractivity contribution in [3.63, 3.8) is 0 Å². The number of aliphatic hydroxyl groups excluding tert-OH is 3. The van der Waals surface area contributed by atoms with Crippen LogP contribution in [0.3, 0.4) is 0 Å². The number of aliphatic hydroxyl groups is 3. The maximum absolute atomic E-state index is 13.4. The fraction of sp³-hybridized carbons (Fsp3) is 0.615. The van der Waals surface area contributed by atoms with Crippen LogP contribution in [0, 0.1) is 5.92 Å². The minimum Gasteiger partial charge on any atom is -0.493 e. The number of hydrogen-bond donors (Lipinski definition) is 4. The van der Waals surface area contributed by atoms with Crippen molar-refractivity contribution in [2.24, 2.45) is 5.92 Å². The molecule has 0 aromatic heterocycles. The molecule has 1 heterocycles. The Balaban J connectivity index is 1.83. The zero-order chi connectivity index (χ0) is 25.3. The van der Waals surface area contributed by atoms with Crippen LogP contribution in [0.15, 0.2) is 23.8 Å². The highest BCUT2D eigenvalue weighted by molar-refractivity contribution is 5.96. The highest BCUT2D eigenvalue weighted by Gasteiger charge is 2.52. The van der Waals surface area contributed by atoms with Gasteiger partial charge in [-0.3, -0.25) is 9.59 Å². The van der Waals surface area contributed by atoms with Crippen LogP contribution in [0.2, 0.25) is 0 Å². The van der Waals surface area contributed by atoms with Crippen LogP contribution in [0.25, 0.3) is 0 Å². The van der Waals surface area contributed by atoms with Crippen LogP contribution < -0.4 is 14.8 Å². The molecule has 1 aliphatic heterocycles. The summed E-state index contributed by atoms with van der Waals surface area (Å²) >= 11 is 0. The molecule has 4 N–H and O–H groups in total. The van der Waals surface area contributed by atoms with Crippen LogP contribution in [0.5, 0.6) is 11.5 Å². The van der Waals surface area contributed by atoms with E-state index in [-0.39, 0.29) is 43.5 Å². The maximum Gasteiger partial charge on any atom is 0.247 e. The van der Waals surface area contributed by atoms with Crippen molar-refractivity contribution in [3.8, 4) is 11.5 Å². The van der Waals surface area contributed by atoms with Gasteiger partial charge in [0.05, 0.1) is 32.3 Å². The first kappa shape index (κ1) is 25.5. The van der Waals surface area contributed by atoms with E-state index in [0.29, 0.717) is 28.2 Å². The molecule has 2 aliphatic carbocycles. The molecule has 9 heteroatoms. The van der Waals surface area contributed by atoms with Gasteiger partial charge in [-0.2, -0.15) is 0 Å². The predicted octanol–water partition coefficient (Wildman–Crippen LogP) is 1.24. The topological polar surface area (TPSA) is 129 Å². The lowest BCUT2D eigenvalue weighted by molar-refractivity contribution is -0.143. The summed E-state index contributed by atoms with van der Waals surface area (Å²) in [6.45, 7) is 3.31. The first-order chi connectivity index (χ1) is 16.8. The van der Waals surface area contributed by atoms with E-state index < -0.39 is 24.2 Å². The van der Waals surface area contributed by atoms with Gasteiger partial charge in [-0.05, 0) is 36.6 Å². The SMILES string of the molecule is COc1cc(CO)cc2c1OC1C2C(C(=O)NCCO)=CC(N(C(=O)C(C)C)C2CCCC2)C1O. The van der Waals surface area contributed by atoms with E-state index in [0.717, 1.165) is 25.7 Å². The number of methoxy groups -OCH3 is 1. The zero-order valence-electron chi connectivity index (χ0n) is 20.6. The van der Waals surface area contributed by atoms with Gasteiger partial charge >= 0.3 is 0 Å². The molecular formula is C26H36N2O7. The molecule has 1 fully saturated rings. The van der Waals surface area contributed by atoms with Crippen molar-refractivity contribution >= 4 is 11.8 Å². The summed E-state index contributed by atoms with van der Waals surface area (Å²) in [6, 6.07) is 2.68. The smallest absolute Gasteiger partial charge is 0.247 e. The van der Waals surface area contributed by atoms with E-state index in [9.17, 15) is 24.9 Å². The average molecular weight is 489 g/mol. The molecule has 0 saturated heterocycles. The molecule has 9 nitrogen and oxygen atoms in total. The van der Waals surface area contributed by atoms with E-state index in [2.05, 4.69) is 5.32 Å². The number of nitrogens with one attached hydrogen (secondary N) is 1. The van der Waals surface area contributed by atoms with Gasteiger partial charge in [-0.25, -0.2) is 0 Å². The summed E-state index contributed by atoms with van der Waals surface area (Å²) in [6.07, 6.45) is 3.53. The molecule has 2 amide bonds. The lowest BCUT2D eigenvalue weighted by Gasteiger charge is -2.43. The van der Waals surface area contributed by atoms with E-state index >= 15 is 0 Å². The molecule has 192 valence electrons. The van der Waals surface area contributed by atoms with Crippen molar-refractivity contribution < 1.29 is 34.4 Å². The van der Waals surface area contributed by atoms with E-state index in [1.807, 2.05) is 13.8 Å². The van der Waals surface area contributed by atoms with E-state index in [1.54, 1.807) is 23.1 Å². The van der Waals surface area contributed by atoms with Gasteiger partial charge in [0.15, 0.2) is 11.5 Å². The third-order valence-electron chi connectivity index (χ3n) is 7.28. The average Bonchev–Trinajstić information content (AvgIpc) is 3.52. The number of rotatable bonds is 8. The summed E-state index contributed by atoms with van der Waals surface area (Å²) in [4.78, 5) is 28.5. The van der Waals surface area contributed by atoms with E-state index in [1.165, 1.54) is 7.11 Å². The first-order valence-corrected chi connectivity index (χ1v) is 12.4. The molecule has 4 unspecified atom stereocenters. The highest BCUT2D eigenvalue weighted by Crippen LogP contribution is 2.51. The maximum atomic E-state index is 13.4. The van der Waals surface area contributed by atoms with Gasteiger partial charge in [0.25, 0.3) is 0 Å². The molecule has 4 rings (SSSR count). The molecule has 4 atom stereocenters. The Morgan fingerprint density at radius 1 is 1.23 bits per heavy atom. The predicted molar refractivity (Wildman–Crippen MR) is 128 cm³/mol. The minimum absolute atomic E-state index is 0.0154. The fourth-order valence-corrected chi connectivity index (χ4v) is 5.64. The quantitative estimate of drug-likeness (QED) is 0.433. The number of carbonyl (C=O) groups is 2. The van der Waals surface area contributed by atoms with Gasteiger partial charge < -0.3 is 35.0 Å². The molecule has 0 bridgehead atoms. The number of carbonyl (C=O) groups excluding carboxylic acids is 2. The van der Waals surface area contributed by atoms with Crippen LogP contribution in [0.4, 0.5) is 0 Å². The van der Waals surface area contributed by atoms with Crippen molar-refractivity contribution in [2.75, 3.05) is 20.3 Å². The number of benzene rings is 1. The van der Waals surface area contributed by atoms with Crippen molar-refractivity contribution in [1.82, 2.24) is 10.2 Å². The number of fused-ring (bicyclic) bond motifs is 3. The summed E-state index contributed by atoms with van der Waals surface area (Å²) < 4.78 is 11.7. The molecule has 1 aromatic carbocycles. The van der Waals surface area contributed by atoms with Crippen molar-refractivity contribution in [1.29, 1.82) is 0 Å². The molecule has 1 aromatic rings. The Kier molecular flexibility index (Phi) is 7.68. The Hall–Kier alpha value is -2.62. The van der Waals surface area contributed by atoms with Gasteiger partial charge in [-0.1, -0.05) is 26.7 Å². The van der Waals surface area contributed by atoms with Crippen LogP contribution in [0.1, 0.15) is 56.6 Å². The standard InChI is InChI=1S/C26H36N2O7/c1-14(2)26(33)28(16-6-4-5-7-16)19-12-18(25(32)27-8-9-29)21-17-10-15(13-30)11-20(34-3)23(17)35-24(21)22(19)31/h10-12,14,16,19,21-22,24,29-31H,4-9,13H2,1-3H3,(H,27,32). The highest BCUT2D eigenvalue weighted by atomic mass is 16.5. The van der Waals surface area contributed by atoms with Crippen LogP contribution in [-0.4, -0.2) is 76.6 Å². The minimum atomic E-state index is -1.08. The second kappa shape index (κ2) is 10.6. The first-order valence-electron chi connectivity index (χ1n) is 12.4. The van der Waals surface area contributed by atoms with Gasteiger partial charge in [0.1, 0.15) is 12.2 Å². The number of ether oxygens (including phenoxy) is 2. The third-order valence-corrected chi connectivity index (χ3v) is 7.28. The molecule has 1 saturated carbocycles. The second-order valence-corrected chi connectivity index (χ2v) is 9.86. The van der Waals surface area contributed by atoms with Gasteiger partial charge in [0, 0.05) is 29.6 Å². The lowest BCUT2D eigenvalue weighted by Crippen LogP contribution is -2.58. The summed E-state index contributed by atoms with van der Waals surface area (Å²) in [5, 5.41) is 33.4. The molecule has 35 heavy (non-hydrogen) atoms. The van der Waals surface area contributed by atoms with Gasteiger partial charge in [0.2, 0.25) is 11.8 Å². The zero-order valence-corrected chi connectivity index (χ0v) is 20.6. The molecular weight excluding hydrogens is 452 g/mol. The fourth-order valence-electron chi connectivity index (χ4n) is 5.64. The Bertz CT molecular complexity index is 986. The molecule has 3 aliphatic rings.